The van der Waals surface area contributed by atoms with E-state index in [9.17, 15) is 9.59 Å². The Bertz CT molecular complexity index is 272. The third-order valence-electron chi connectivity index (χ3n) is 0.905. The van der Waals surface area contributed by atoms with Gasteiger partial charge in [0.05, 0.1) is 0 Å². The first-order valence-electron chi connectivity index (χ1n) is 3.21. The molecule has 5 heteroatoms. The van der Waals surface area contributed by atoms with Crippen LogP contribution in [0.5, 0.6) is 0 Å². The first-order valence-corrected chi connectivity index (χ1v) is 3.96. The standard InChI is InChI=1S/C8H6Cl2O3/c1-2-3-13-8(12)5-6(11)4-7(9)10/h1,4H,3,5H2. The lowest BCUT2D eigenvalue weighted by Crippen LogP contribution is -2.09. The van der Waals surface area contributed by atoms with Gasteiger partial charge in [-0.25, -0.2) is 0 Å². The minimum Gasteiger partial charge on any atom is -0.452 e. The highest BCUT2D eigenvalue weighted by molar-refractivity contribution is 6.56. The average Bonchev–Trinajstić information content (AvgIpc) is 1.98. The van der Waals surface area contributed by atoms with E-state index in [0.717, 1.165) is 6.08 Å². The Hall–Kier alpha value is -0.980. The summed E-state index contributed by atoms with van der Waals surface area (Å²) in [4.78, 5) is 21.6. The molecule has 0 saturated carbocycles. The molecule has 0 radical (unpaired) electrons. The molecular formula is C8H6Cl2O3. The normalized spacial score (nSPS) is 8.38. The van der Waals surface area contributed by atoms with Gasteiger partial charge in [0, 0.05) is 6.08 Å². The van der Waals surface area contributed by atoms with Gasteiger partial charge in [0.2, 0.25) is 0 Å². The number of carbonyl (C=O) groups is 2. The highest BCUT2D eigenvalue weighted by Gasteiger charge is 2.08. The summed E-state index contributed by atoms with van der Waals surface area (Å²) in [6.45, 7) is -0.148. The van der Waals surface area contributed by atoms with Crippen LogP contribution < -0.4 is 0 Å². The summed E-state index contributed by atoms with van der Waals surface area (Å²) in [5, 5.41) is 0. The molecule has 0 aromatic carbocycles. The van der Waals surface area contributed by atoms with Crippen LogP contribution in [0.15, 0.2) is 10.6 Å². The van der Waals surface area contributed by atoms with Crippen LogP contribution in [0.2, 0.25) is 0 Å². The van der Waals surface area contributed by atoms with Gasteiger partial charge in [-0.05, 0) is 0 Å². The van der Waals surface area contributed by atoms with E-state index in [1.54, 1.807) is 0 Å². The second kappa shape index (κ2) is 6.53. The fourth-order valence-corrected chi connectivity index (χ4v) is 0.732. The molecule has 13 heavy (non-hydrogen) atoms. The van der Waals surface area contributed by atoms with E-state index in [4.69, 9.17) is 29.6 Å². The highest BCUT2D eigenvalue weighted by atomic mass is 35.5. The molecule has 0 rings (SSSR count). The highest BCUT2D eigenvalue weighted by Crippen LogP contribution is 2.06. The molecule has 0 saturated heterocycles. The van der Waals surface area contributed by atoms with Crippen molar-refractivity contribution >= 4 is 35.0 Å². The maximum Gasteiger partial charge on any atom is 0.314 e. The molecule has 0 aromatic rings. The molecule has 0 fully saturated rings. The van der Waals surface area contributed by atoms with Crippen molar-refractivity contribution in [2.45, 2.75) is 6.42 Å². The van der Waals surface area contributed by atoms with Crippen LogP contribution in [-0.4, -0.2) is 18.4 Å². The van der Waals surface area contributed by atoms with Gasteiger partial charge in [0.25, 0.3) is 0 Å². The van der Waals surface area contributed by atoms with Crippen molar-refractivity contribution in [2.24, 2.45) is 0 Å². The third kappa shape index (κ3) is 7.38. The second-order valence-corrected chi connectivity index (χ2v) is 2.95. The van der Waals surface area contributed by atoms with E-state index in [1.165, 1.54) is 0 Å². The number of halogens is 2. The summed E-state index contributed by atoms with van der Waals surface area (Å²) in [6.07, 6.45) is 5.34. The lowest BCUT2D eigenvalue weighted by Gasteiger charge is -1.96. The van der Waals surface area contributed by atoms with Crippen LogP contribution in [0.1, 0.15) is 6.42 Å². The number of ether oxygens (including phenoxy) is 1. The Kier molecular flexibility index (Phi) is 6.03. The molecule has 3 nitrogen and oxygen atoms in total. The molecule has 0 heterocycles. The Morgan fingerprint density at radius 1 is 1.46 bits per heavy atom. The second-order valence-electron chi connectivity index (χ2n) is 1.94. The summed E-state index contributed by atoms with van der Waals surface area (Å²) in [7, 11) is 0. The molecule has 0 aromatic heterocycles. The van der Waals surface area contributed by atoms with Crippen LogP contribution in [0.4, 0.5) is 0 Å². The smallest absolute Gasteiger partial charge is 0.314 e. The van der Waals surface area contributed by atoms with Crippen LogP contribution >= 0.6 is 23.2 Å². The minimum absolute atomic E-state index is 0.148. The zero-order valence-corrected chi connectivity index (χ0v) is 8.06. The Morgan fingerprint density at radius 2 is 2.08 bits per heavy atom. The lowest BCUT2D eigenvalue weighted by atomic mass is 10.3. The minimum atomic E-state index is -0.700. The zero-order valence-electron chi connectivity index (χ0n) is 6.55. The number of esters is 1. The summed E-state index contributed by atoms with van der Waals surface area (Å²) in [5.74, 6) is 0.865. The predicted molar refractivity (Wildman–Crippen MR) is 49.2 cm³/mol. The van der Waals surface area contributed by atoms with Gasteiger partial charge >= 0.3 is 5.97 Å². The lowest BCUT2D eigenvalue weighted by molar-refractivity contribution is -0.143. The topological polar surface area (TPSA) is 43.4 Å². The maximum absolute atomic E-state index is 10.8. The monoisotopic (exact) mass is 220 g/mol. The number of ketones is 1. The Morgan fingerprint density at radius 3 is 2.54 bits per heavy atom. The summed E-state index contributed by atoms with van der Waals surface area (Å²) in [5.41, 5.74) is 0. The van der Waals surface area contributed by atoms with E-state index < -0.39 is 18.2 Å². The number of carbonyl (C=O) groups excluding carboxylic acids is 2. The van der Waals surface area contributed by atoms with Crippen LogP contribution in [0.25, 0.3) is 0 Å². The van der Waals surface area contributed by atoms with Gasteiger partial charge in [0.15, 0.2) is 12.4 Å². The first-order chi connectivity index (χ1) is 6.06. The van der Waals surface area contributed by atoms with E-state index in [0.29, 0.717) is 0 Å². The first kappa shape index (κ1) is 12.0. The van der Waals surface area contributed by atoms with Crippen molar-refractivity contribution in [1.82, 2.24) is 0 Å². The molecule has 0 spiro atoms. The molecule has 0 atom stereocenters. The molecular weight excluding hydrogens is 215 g/mol. The van der Waals surface area contributed by atoms with Crippen molar-refractivity contribution in [3.8, 4) is 12.3 Å². The molecule has 0 bridgehead atoms. The maximum atomic E-state index is 10.8. The molecule has 0 unspecified atom stereocenters. The van der Waals surface area contributed by atoms with Crippen LogP contribution in [0.3, 0.4) is 0 Å². The van der Waals surface area contributed by atoms with E-state index in [2.05, 4.69) is 10.7 Å². The summed E-state index contributed by atoms with van der Waals surface area (Å²) >= 11 is 10.4. The fourth-order valence-electron chi connectivity index (χ4n) is 0.488. The Balaban J connectivity index is 3.87. The van der Waals surface area contributed by atoms with Crippen molar-refractivity contribution in [2.75, 3.05) is 6.61 Å². The predicted octanol–water partition coefficient (Wildman–Crippen LogP) is 1.44. The van der Waals surface area contributed by atoms with Crippen molar-refractivity contribution in [3.63, 3.8) is 0 Å². The largest absolute Gasteiger partial charge is 0.452 e. The van der Waals surface area contributed by atoms with E-state index >= 15 is 0 Å². The molecule has 70 valence electrons. The molecule has 0 amide bonds. The number of terminal acetylenes is 1. The van der Waals surface area contributed by atoms with Crippen molar-refractivity contribution < 1.29 is 14.3 Å². The molecule has 0 aliphatic carbocycles. The summed E-state index contributed by atoms with van der Waals surface area (Å²) in [6, 6.07) is 0. The van der Waals surface area contributed by atoms with Crippen LogP contribution in [0, 0.1) is 12.3 Å². The number of hydrogen-bond acceptors (Lipinski definition) is 3. The number of allylic oxidation sites excluding steroid dienone is 1. The molecule has 0 aliphatic heterocycles. The van der Waals surface area contributed by atoms with Crippen molar-refractivity contribution in [3.05, 3.63) is 10.6 Å². The third-order valence-corrected chi connectivity index (χ3v) is 1.12. The quantitative estimate of drug-likeness (QED) is 0.312. The summed E-state index contributed by atoms with van der Waals surface area (Å²) < 4.78 is 4.23. The van der Waals surface area contributed by atoms with Gasteiger partial charge in [-0.15, -0.1) is 6.42 Å². The fraction of sp³-hybridized carbons (Fsp3) is 0.250. The average molecular weight is 221 g/mol. The van der Waals surface area contributed by atoms with Gasteiger partial charge in [-0.3, -0.25) is 9.59 Å². The van der Waals surface area contributed by atoms with Crippen LogP contribution in [-0.2, 0) is 14.3 Å². The van der Waals surface area contributed by atoms with Gasteiger partial charge in [-0.2, -0.15) is 0 Å². The molecule has 0 N–H and O–H groups in total. The van der Waals surface area contributed by atoms with Gasteiger partial charge in [0.1, 0.15) is 10.9 Å². The number of hydrogen-bond donors (Lipinski definition) is 0. The number of rotatable bonds is 4. The SMILES string of the molecule is C#CCOC(=O)CC(=O)C=C(Cl)Cl. The zero-order chi connectivity index (χ0) is 10.3. The van der Waals surface area contributed by atoms with E-state index in [-0.39, 0.29) is 11.1 Å². The Labute approximate surface area is 85.6 Å². The van der Waals surface area contributed by atoms with Gasteiger partial charge in [-0.1, -0.05) is 29.1 Å². The van der Waals surface area contributed by atoms with Gasteiger partial charge < -0.3 is 4.74 Å². The van der Waals surface area contributed by atoms with E-state index in [1.807, 2.05) is 0 Å². The molecule has 0 aliphatic rings. The van der Waals surface area contributed by atoms with Crippen molar-refractivity contribution in [1.29, 1.82) is 0 Å².